The fourth-order valence-electron chi connectivity index (χ4n) is 4.99. The van der Waals surface area contributed by atoms with E-state index in [0.29, 0.717) is 11.5 Å². The number of likely N-dealkylation sites (tertiary alicyclic amines) is 1. The first-order chi connectivity index (χ1) is 13.3. The highest BCUT2D eigenvalue weighted by atomic mass is 15.2. The summed E-state index contributed by atoms with van der Waals surface area (Å²) in [5.41, 5.74) is 3.54. The molecule has 1 N–H and O–H groups in total. The predicted molar refractivity (Wildman–Crippen MR) is 117 cm³/mol. The number of anilines is 1. The Morgan fingerprint density at radius 2 is 1.82 bits per heavy atom. The second-order valence-corrected chi connectivity index (χ2v) is 10.2. The molecule has 1 saturated heterocycles. The van der Waals surface area contributed by atoms with E-state index >= 15 is 0 Å². The number of nitrogens with one attached hydrogen (secondary N) is 1. The van der Waals surface area contributed by atoms with Gasteiger partial charge in [-0.05, 0) is 63.0 Å². The first kappa shape index (κ1) is 19.6. The number of allylic oxidation sites excluding steroid dienone is 1. The molecular weight excluding hydrogens is 346 g/mol. The van der Waals surface area contributed by atoms with Gasteiger partial charge in [0.25, 0.3) is 0 Å². The Bertz CT molecular complexity index is 744. The SMILES string of the molecule is CC1=NC(C)C=C1c1cnc(NC2C[C@@H]3CN(CCC(C)(C)C)C[C@@H]3C2)cn1. The highest BCUT2D eigenvalue weighted by molar-refractivity contribution is 6.23. The minimum Gasteiger partial charge on any atom is -0.366 e. The van der Waals surface area contributed by atoms with Gasteiger partial charge in [-0.2, -0.15) is 0 Å². The van der Waals surface area contributed by atoms with Gasteiger partial charge < -0.3 is 10.2 Å². The molecular formula is C23H35N5. The molecule has 1 saturated carbocycles. The molecule has 1 aromatic rings. The standard InChI is InChI=1S/C23H35N5/c1-15-8-20(16(2)26-15)21-11-25-22(12-24-21)27-19-9-17-13-28(14-18(17)10-19)7-6-23(3,4)5/h8,11-12,15,17-19H,6-7,9-10,13-14H2,1-5H3,(H,25,27)/t15?,17-,18+,19?. The maximum Gasteiger partial charge on any atom is 0.144 e. The van der Waals surface area contributed by atoms with Crippen LogP contribution in [0.25, 0.3) is 5.57 Å². The molecule has 152 valence electrons. The number of aliphatic imine (C=N–C) groups is 1. The fraction of sp³-hybridized carbons (Fsp3) is 0.696. The third-order valence-corrected chi connectivity index (χ3v) is 6.48. The van der Waals surface area contributed by atoms with Crippen molar-refractivity contribution in [2.45, 2.75) is 66.0 Å². The Balaban J connectivity index is 1.28. The summed E-state index contributed by atoms with van der Waals surface area (Å²) < 4.78 is 0. The average molecular weight is 382 g/mol. The number of nitrogens with zero attached hydrogens (tertiary/aromatic N) is 4. The summed E-state index contributed by atoms with van der Waals surface area (Å²) in [7, 11) is 0. The Labute approximate surface area is 169 Å². The molecule has 0 aromatic carbocycles. The molecule has 4 rings (SSSR count). The molecule has 28 heavy (non-hydrogen) atoms. The van der Waals surface area contributed by atoms with E-state index in [1.165, 1.54) is 38.9 Å². The van der Waals surface area contributed by atoms with Crippen LogP contribution in [0.1, 0.15) is 59.6 Å². The summed E-state index contributed by atoms with van der Waals surface area (Å²) in [6.07, 6.45) is 9.74. The topological polar surface area (TPSA) is 53.4 Å². The molecule has 0 amide bonds. The van der Waals surface area contributed by atoms with Gasteiger partial charge in [0.15, 0.2) is 0 Å². The monoisotopic (exact) mass is 381 g/mol. The maximum absolute atomic E-state index is 4.64. The van der Waals surface area contributed by atoms with Crippen molar-refractivity contribution in [3.05, 3.63) is 24.2 Å². The van der Waals surface area contributed by atoms with Gasteiger partial charge in [-0.15, -0.1) is 0 Å². The molecule has 5 nitrogen and oxygen atoms in total. The van der Waals surface area contributed by atoms with Crippen LogP contribution in [0.3, 0.4) is 0 Å². The molecule has 2 aliphatic heterocycles. The molecule has 3 aliphatic rings. The second-order valence-electron chi connectivity index (χ2n) is 10.2. The quantitative estimate of drug-likeness (QED) is 0.827. The van der Waals surface area contributed by atoms with Gasteiger partial charge in [-0.25, -0.2) is 4.98 Å². The Kier molecular flexibility index (Phi) is 5.30. The summed E-state index contributed by atoms with van der Waals surface area (Å²) in [4.78, 5) is 16.5. The van der Waals surface area contributed by atoms with Crippen LogP contribution >= 0.6 is 0 Å². The number of hydrogen-bond acceptors (Lipinski definition) is 5. The molecule has 2 fully saturated rings. The highest BCUT2D eigenvalue weighted by Gasteiger charge is 2.40. The first-order valence-electron chi connectivity index (χ1n) is 10.8. The molecule has 0 bridgehead atoms. The minimum atomic E-state index is 0.246. The molecule has 4 atom stereocenters. The molecule has 1 aromatic heterocycles. The number of fused-ring (bicyclic) bond motifs is 1. The van der Waals surface area contributed by atoms with Crippen LogP contribution in [-0.4, -0.2) is 52.3 Å². The van der Waals surface area contributed by atoms with Crippen molar-refractivity contribution in [1.29, 1.82) is 0 Å². The zero-order valence-corrected chi connectivity index (χ0v) is 18.1. The lowest BCUT2D eigenvalue weighted by Crippen LogP contribution is -2.28. The lowest BCUT2D eigenvalue weighted by Gasteiger charge is -2.24. The van der Waals surface area contributed by atoms with E-state index in [2.05, 4.69) is 58.9 Å². The van der Waals surface area contributed by atoms with E-state index in [0.717, 1.165) is 34.6 Å². The predicted octanol–water partition coefficient (Wildman–Crippen LogP) is 4.28. The number of aromatic nitrogens is 2. The van der Waals surface area contributed by atoms with Gasteiger partial charge in [0.05, 0.1) is 24.1 Å². The summed E-state index contributed by atoms with van der Waals surface area (Å²) in [5, 5.41) is 3.64. The molecule has 0 spiro atoms. The highest BCUT2D eigenvalue weighted by Crippen LogP contribution is 2.39. The smallest absolute Gasteiger partial charge is 0.144 e. The summed E-state index contributed by atoms with van der Waals surface area (Å²) >= 11 is 0. The van der Waals surface area contributed by atoms with E-state index in [9.17, 15) is 0 Å². The van der Waals surface area contributed by atoms with Crippen molar-refractivity contribution >= 4 is 17.1 Å². The Morgan fingerprint density at radius 1 is 1.11 bits per heavy atom. The van der Waals surface area contributed by atoms with Crippen molar-refractivity contribution in [3.8, 4) is 0 Å². The van der Waals surface area contributed by atoms with Gasteiger partial charge in [-0.3, -0.25) is 9.98 Å². The normalized spacial score (nSPS) is 30.3. The van der Waals surface area contributed by atoms with Crippen molar-refractivity contribution < 1.29 is 0 Å². The van der Waals surface area contributed by atoms with Gasteiger partial charge >= 0.3 is 0 Å². The zero-order valence-electron chi connectivity index (χ0n) is 18.1. The van der Waals surface area contributed by atoms with Crippen LogP contribution < -0.4 is 5.32 Å². The molecule has 5 heteroatoms. The molecule has 2 unspecified atom stereocenters. The van der Waals surface area contributed by atoms with E-state index in [-0.39, 0.29) is 6.04 Å². The van der Waals surface area contributed by atoms with Crippen LogP contribution in [-0.2, 0) is 0 Å². The molecule has 0 radical (unpaired) electrons. The van der Waals surface area contributed by atoms with E-state index < -0.39 is 0 Å². The van der Waals surface area contributed by atoms with E-state index in [1.54, 1.807) is 0 Å². The van der Waals surface area contributed by atoms with Gasteiger partial charge in [-0.1, -0.05) is 20.8 Å². The van der Waals surface area contributed by atoms with Crippen LogP contribution in [0.2, 0.25) is 0 Å². The lowest BCUT2D eigenvalue weighted by atomic mass is 9.92. The largest absolute Gasteiger partial charge is 0.366 e. The molecule has 1 aliphatic carbocycles. The van der Waals surface area contributed by atoms with Gasteiger partial charge in [0.2, 0.25) is 0 Å². The Morgan fingerprint density at radius 3 is 2.36 bits per heavy atom. The van der Waals surface area contributed by atoms with Crippen molar-refractivity contribution in [2.24, 2.45) is 22.2 Å². The lowest BCUT2D eigenvalue weighted by molar-refractivity contribution is 0.250. The van der Waals surface area contributed by atoms with E-state index in [4.69, 9.17) is 0 Å². The minimum absolute atomic E-state index is 0.246. The van der Waals surface area contributed by atoms with Crippen LogP contribution in [0.4, 0.5) is 5.82 Å². The Hall–Kier alpha value is -1.75. The number of rotatable bonds is 5. The molecule has 3 heterocycles. The van der Waals surface area contributed by atoms with Gasteiger partial charge in [0, 0.05) is 30.4 Å². The average Bonchev–Trinajstić information content (AvgIpc) is 3.26. The summed E-state index contributed by atoms with van der Waals surface area (Å²) in [5.74, 6) is 2.59. The summed E-state index contributed by atoms with van der Waals surface area (Å²) in [6, 6.07) is 0.782. The number of hydrogen-bond donors (Lipinski definition) is 1. The summed E-state index contributed by atoms with van der Waals surface area (Å²) in [6.45, 7) is 15.0. The van der Waals surface area contributed by atoms with Gasteiger partial charge in [0.1, 0.15) is 5.82 Å². The zero-order chi connectivity index (χ0) is 19.9. The third kappa shape index (κ3) is 4.45. The van der Waals surface area contributed by atoms with Crippen molar-refractivity contribution in [1.82, 2.24) is 14.9 Å². The first-order valence-corrected chi connectivity index (χ1v) is 10.8. The second kappa shape index (κ2) is 7.58. The fourth-order valence-corrected chi connectivity index (χ4v) is 4.99. The van der Waals surface area contributed by atoms with Crippen LogP contribution in [0.5, 0.6) is 0 Å². The van der Waals surface area contributed by atoms with Crippen LogP contribution in [0, 0.1) is 17.3 Å². The van der Waals surface area contributed by atoms with E-state index in [1.807, 2.05) is 19.3 Å². The maximum atomic E-state index is 4.64. The third-order valence-electron chi connectivity index (χ3n) is 6.48. The van der Waals surface area contributed by atoms with Crippen molar-refractivity contribution in [3.63, 3.8) is 0 Å². The van der Waals surface area contributed by atoms with Crippen molar-refractivity contribution in [2.75, 3.05) is 25.0 Å². The van der Waals surface area contributed by atoms with Crippen LogP contribution in [0.15, 0.2) is 23.5 Å².